The van der Waals surface area contributed by atoms with Gasteiger partial charge in [0, 0.05) is 23.5 Å². The van der Waals surface area contributed by atoms with E-state index in [2.05, 4.69) is 15.6 Å². The summed E-state index contributed by atoms with van der Waals surface area (Å²) in [6, 6.07) is 3.16. The number of carbonyl (C=O) groups excluding carboxylic acids is 3. The molecule has 13 nitrogen and oxygen atoms in total. The number of amides is 3. The minimum absolute atomic E-state index is 0.0259. The van der Waals surface area contributed by atoms with Crippen molar-refractivity contribution in [3.8, 4) is 0 Å². The molecule has 1 aromatic carbocycles. The fourth-order valence-electron chi connectivity index (χ4n) is 3.00. The van der Waals surface area contributed by atoms with Crippen molar-refractivity contribution in [1.29, 1.82) is 0 Å². The molecular formula is C20H25N5O8. The number of carboxylic acid groups (broad SMARTS) is 2. The summed E-state index contributed by atoms with van der Waals surface area (Å²) < 4.78 is 0. The number of hydrogen-bond donors (Lipinski definition) is 8. The third-order valence-electron chi connectivity index (χ3n) is 4.70. The summed E-state index contributed by atoms with van der Waals surface area (Å²) in [6.45, 7) is -1.30. The van der Waals surface area contributed by atoms with Crippen molar-refractivity contribution in [2.45, 2.75) is 31.0 Å². The van der Waals surface area contributed by atoms with Crippen LogP contribution in [0.5, 0.6) is 0 Å². The zero-order chi connectivity index (χ0) is 24.5. The van der Waals surface area contributed by atoms with Gasteiger partial charge in [0.2, 0.25) is 17.7 Å². The van der Waals surface area contributed by atoms with Crippen molar-refractivity contribution in [2.24, 2.45) is 5.73 Å². The number of rotatable bonds is 12. The highest BCUT2D eigenvalue weighted by atomic mass is 16.4. The van der Waals surface area contributed by atoms with Crippen molar-refractivity contribution in [3.05, 3.63) is 36.0 Å². The number of aromatic nitrogens is 1. The normalized spacial score (nSPS) is 13.5. The van der Waals surface area contributed by atoms with Crippen molar-refractivity contribution in [1.82, 2.24) is 20.9 Å². The van der Waals surface area contributed by atoms with Crippen molar-refractivity contribution in [2.75, 3.05) is 13.2 Å². The summed E-state index contributed by atoms with van der Waals surface area (Å²) in [5, 5.41) is 34.3. The summed E-state index contributed by atoms with van der Waals surface area (Å²) in [4.78, 5) is 61.7. The molecule has 2 rings (SSSR count). The van der Waals surface area contributed by atoms with Gasteiger partial charge in [0.05, 0.1) is 19.6 Å². The summed E-state index contributed by atoms with van der Waals surface area (Å²) in [5.41, 5.74) is 7.01. The number of fused-ring (bicyclic) bond motifs is 1. The largest absolute Gasteiger partial charge is 0.481 e. The fraction of sp³-hybridized carbons (Fsp3) is 0.350. The molecule has 2 aromatic rings. The Kier molecular flexibility index (Phi) is 8.89. The van der Waals surface area contributed by atoms with Crippen LogP contribution in [-0.4, -0.2) is 81.2 Å². The Balaban J connectivity index is 2.09. The Morgan fingerprint density at radius 3 is 2.33 bits per heavy atom. The predicted molar refractivity (Wildman–Crippen MR) is 114 cm³/mol. The minimum Gasteiger partial charge on any atom is -0.481 e. The number of nitrogens with one attached hydrogen (secondary N) is 4. The third kappa shape index (κ3) is 7.29. The monoisotopic (exact) mass is 463 g/mol. The van der Waals surface area contributed by atoms with E-state index in [1.807, 2.05) is 23.5 Å². The van der Waals surface area contributed by atoms with Gasteiger partial charge in [-0.2, -0.15) is 0 Å². The number of para-hydroxylation sites is 1. The Bertz CT molecular complexity index is 1040. The molecule has 0 radical (unpaired) electrons. The maximum atomic E-state index is 12.7. The average molecular weight is 463 g/mol. The number of hydrogen-bond acceptors (Lipinski definition) is 7. The molecule has 0 saturated heterocycles. The zero-order valence-corrected chi connectivity index (χ0v) is 17.4. The molecule has 0 bridgehead atoms. The first kappa shape index (κ1) is 25.3. The first-order chi connectivity index (χ1) is 15.6. The highest BCUT2D eigenvalue weighted by Crippen LogP contribution is 2.19. The third-order valence-corrected chi connectivity index (χ3v) is 4.70. The Morgan fingerprint density at radius 2 is 1.70 bits per heavy atom. The number of H-pyrrole nitrogens is 1. The molecule has 0 spiro atoms. The van der Waals surface area contributed by atoms with Gasteiger partial charge < -0.3 is 42.0 Å². The summed E-state index contributed by atoms with van der Waals surface area (Å²) >= 11 is 0. The van der Waals surface area contributed by atoms with Gasteiger partial charge in [-0.25, -0.2) is 4.79 Å². The second kappa shape index (κ2) is 11.6. The Morgan fingerprint density at radius 1 is 1.00 bits per heavy atom. The van der Waals surface area contributed by atoms with Crippen LogP contribution in [0.3, 0.4) is 0 Å². The topological polar surface area (TPSA) is 224 Å². The lowest BCUT2D eigenvalue weighted by Crippen LogP contribution is -2.55. The van der Waals surface area contributed by atoms with Crippen LogP contribution in [0.4, 0.5) is 0 Å². The van der Waals surface area contributed by atoms with Crippen LogP contribution in [0.1, 0.15) is 12.0 Å². The lowest BCUT2D eigenvalue weighted by molar-refractivity contribution is -0.147. The number of aliphatic hydroxyl groups is 1. The molecule has 178 valence electrons. The van der Waals surface area contributed by atoms with Crippen LogP contribution < -0.4 is 21.7 Å². The van der Waals surface area contributed by atoms with Gasteiger partial charge in [0.25, 0.3) is 0 Å². The number of nitrogens with two attached hydrogens (primary N) is 1. The average Bonchev–Trinajstić information content (AvgIpc) is 3.18. The van der Waals surface area contributed by atoms with E-state index in [1.165, 1.54) is 0 Å². The van der Waals surface area contributed by atoms with Gasteiger partial charge in [-0.1, -0.05) is 18.2 Å². The summed E-state index contributed by atoms with van der Waals surface area (Å²) in [7, 11) is 0. The molecule has 13 heteroatoms. The first-order valence-corrected chi connectivity index (χ1v) is 9.85. The molecule has 9 N–H and O–H groups in total. The Hall–Kier alpha value is -3.97. The molecule has 3 amide bonds. The number of carboxylic acids is 2. The molecule has 0 saturated carbocycles. The van der Waals surface area contributed by atoms with E-state index in [1.54, 1.807) is 12.3 Å². The minimum atomic E-state index is -1.67. The fourth-order valence-corrected chi connectivity index (χ4v) is 3.00. The van der Waals surface area contributed by atoms with Crippen LogP contribution in [0.2, 0.25) is 0 Å². The van der Waals surface area contributed by atoms with Crippen molar-refractivity contribution >= 4 is 40.6 Å². The van der Waals surface area contributed by atoms with Crippen LogP contribution in [-0.2, 0) is 30.4 Å². The van der Waals surface area contributed by atoms with Crippen LogP contribution in [0.15, 0.2) is 30.5 Å². The van der Waals surface area contributed by atoms with Crippen LogP contribution >= 0.6 is 0 Å². The summed E-state index contributed by atoms with van der Waals surface area (Å²) in [6.07, 6.45) is 0.852. The van der Waals surface area contributed by atoms with E-state index < -0.39 is 67.4 Å². The van der Waals surface area contributed by atoms with Gasteiger partial charge >= 0.3 is 11.9 Å². The van der Waals surface area contributed by atoms with E-state index in [0.717, 1.165) is 10.9 Å². The van der Waals surface area contributed by atoms with Gasteiger partial charge in [0.1, 0.15) is 18.1 Å². The number of benzene rings is 1. The van der Waals surface area contributed by atoms with Gasteiger partial charge in [0.15, 0.2) is 0 Å². The van der Waals surface area contributed by atoms with Gasteiger partial charge in [-0.05, 0) is 11.6 Å². The molecule has 0 fully saturated rings. The van der Waals surface area contributed by atoms with Crippen LogP contribution in [0.25, 0.3) is 10.9 Å². The number of aliphatic carboxylic acids is 2. The molecular weight excluding hydrogens is 438 g/mol. The number of aliphatic hydroxyl groups excluding tert-OH is 1. The quantitative estimate of drug-likeness (QED) is 0.169. The van der Waals surface area contributed by atoms with Crippen molar-refractivity contribution in [3.63, 3.8) is 0 Å². The predicted octanol–water partition coefficient (Wildman–Crippen LogP) is -2.32. The Labute approximate surface area is 187 Å². The SMILES string of the molecule is NC(CO)C(=O)NC(Cc1c[nH]c2ccccc12)C(=O)NCC(=O)NC(CC(=O)O)C(=O)O. The molecule has 0 aliphatic carbocycles. The number of aromatic amines is 1. The van der Waals surface area contributed by atoms with Gasteiger partial charge in [-0.3, -0.25) is 19.2 Å². The molecule has 1 aromatic heterocycles. The number of carbonyl (C=O) groups is 5. The summed E-state index contributed by atoms with van der Waals surface area (Å²) in [5.74, 6) is -5.44. The van der Waals surface area contributed by atoms with E-state index >= 15 is 0 Å². The van der Waals surface area contributed by atoms with Crippen molar-refractivity contribution < 1.29 is 39.3 Å². The van der Waals surface area contributed by atoms with Crippen LogP contribution in [0, 0.1) is 0 Å². The van der Waals surface area contributed by atoms with Gasteiger partial charge in [-0.15, -0.1) is 0 Å². The molecule has 33 heavy (non-hydrogen) atoms. The second-order valence-electron chi connectivity index (χ2n) is 7.19. The van der Waals surface area contributed by atoms with E-state index in [9.17, 15) is 24.0 Å². The lowest BCUT2D eigenvalue weighted by atomic mass is 10.0. The highest BCUT2D eigenvalue weighted by Gasteiger charge is 2.27. The highest BCUT2D eigenvalue weighted by molar-refractivity contribution is 5.94. The lowest BCUT2D eigenvalue weighted by Gasteiger charge is -2.20. The molecule has 1 heterocycles. The van der Waals surface area contributed by atoms with E-state index in [0.29, 0.717) is 5.56 Å². The molecule has 0 aliphatic heterocycles. The first-order valence-electron chi connectivity index (χ1n) is 9.85. The molecule has 3 atom stereocenters. The second-order valence-corrected chi connectivity index (χ2v) is 7.19. The molecule has 0 aliphatic rings. The zero-order valence-electron chi connectivity index (χ0n) is 17.4. The van der Waals surface area contributed by atoms with E-state index in [4.69, 9.17) is 21.1 Å². The van der Waals surface area contributed by atoms with E-state index in [-0.39, 0.29) is 6.42 Å². The maximum absolute atomic E-state index is 12.7. The standard InChI is InChI=1S/C20H25N5O8/c21-12(9-26)18(30)25-14(5-10-7-22-13-4-2-1-3-11(10)13)19(31)23-8-16(27)24-15(20(32)33)6-17(28)29/h1-4,7,12,14-15,22,26H,5-6,8-9,21H2,(H,23,31)(H,24,27)(H,25,30)(H,28,29)(H,32,33). The molecule has 3 unspecified atom stereocenters. The maximum Gasteiger partial charge on any atom is 0.326 e. The smallest absolute Gasteiger partial charge is 0.326 e.